The highest BCUT2D eigenvalue weighted by Gasteiger charge is 2.44. The molecular formula is C14H26N2O2. The number of hydrogen-bond donors (Lipinski definition) is 2. The SMILES string of the molecule is CNC1(C(=O)O)CCCC(N2CCC(C)(C)C2)C1. The van der Waals surface area contributed by atoms with Crippen LogP contribution >= 0.6 is 0 Å². The maximum atomic E-state index is 11.5. The Morgan fingerprint density at radius 3 is 2.61 bits per heavy atom. The van der Waals surface area contributed by atoms with E-state index in [0.717, 1.165) is 38.8 Å². The molecule has 4 nitrogen and oxygen atoms in total. The molecule has 104 valence electrons. The maximum absolute atomic E-state index is 11.5. The van der Waals surface area contributed by atoms with Crippen molar-refractivity contribution in [2.75, 3.05) is 20.1 Å². The van der Waals surface area contributed by atoms with Crippen LogP contribution in [0.3, 0.4) is 0 Å². The first-order chi connectivity index (χ1) is 8.38. The van der Waals surface area contributed by atoms with Gasteiger partial charge >= 0.3 is 5.97 Å². The van der Waals surface area contributed by atoms with E-state index in [-0.39, 0.29) is 0 Å². The van der Waals surface area contributed by atoms with E-state index >= 15 is 0 Å². The van der Waals surface area contributed by atoms with Crippen LogP contribution in [-0.4, -0.2) is 47.7 Å². The highest BCUT2D eigenvalue weighted by Crippen LogP contribution is 2.37. The summed E-state index contributed by atoms with van der Waals surface area (Å²) in [5.74, 6) is -0.687. The summed E-state index contributed by atoms with van der Waals surface area (Å²) in [7, 11) is 1.78. The summed E-state index contributed by atoms with van der Waals surface area (Å²) in [6.45, 7) is 6.84. The zero-order chi connectivity index (χ0) is 13.4. The van der Waals surface area contributed by atoms with E-state index in [1.807, 2.05) is 0 Å². The van der Waals surface area contributed by atoms with Gasteiger partial charge in [0.25, 0.3) is 0 Å². The van der Waals surface area contributed by atoms with Crippen molar-refractivity contribution in [2.45, 2.75) is 57.5 Å². The second-order valence-electron chi connectivity index (χ2n) is 6.77. The number of likely N-dealkylation sites (tertiary alicyclic amines) is 1. The van der Waals surface area contributed by atoms with Crippen LogP contribution in [0.25, 0.3) is 0 Å². The number of nitrogens with zero attached hydrogens (tertiary/aromatic N) is 1. The van der Waals surface area contributed by atoms with Gasteiger partial charge in [-0.2, -0.15) is 0 Å². The average Bonchev–Trinajstić information content (AvgIpc) is 2.69. The summed E-state index contributed by atoms with van der Waals surface area (Å²) in [4.78, 5) is 14.0. The Bertz CT molecular complexity index is 330. The molecule has 2 N–H and O–H groups in total. The van der Waals surface area contributed by atoms with Gasteiger partial charge in [-0.1, -0.05) is 13.8 Å². The van der Waals surface area contributed by atoms with Gasteiger partial charge in [0.15, 0.2) is 0 Å². The molecule has 0 bridgehead atoms. The van der Waals surface area contributed by atoms with E-state index in [9.17, 15) is 9.90 Å². The van der Waals surface area contributed by atoms with Gasteiger partial charge in [0.1, 0.15) is 5.54 Å². The van der Waals surface area contributed by atoms with E-state index < -0.39 is 11.5 Å². The summed E-state index contributed by atoms with van der Waals surface area (Å²) in [6.07, 6.45) is 4.88. The monoisotopic (exact) mass is 254 g/mol. The number of nitrogens with one attached hydrogen (secondary N) is 1. The van der Waals surface area contributed by atoms with Gasteiger partial charge < -0.3 is 10.4 Å². The van der Waals surface area contributed by atoms with Crippen LogP contribution in [0.4, 0.5) is 0 Å². The minimum atomic E-state index is -0.699. The van der Waals surface area contributed by atoms with Gasteiger partial charge in [-0.05, 0) is 51.1 Å². The van der Waals surface area contributed by atoms with Crippen molar-refractivity contribution in [3.8, 4) is 0 Å². The molecular weight excluding hydrogens is 228 g/mol. The predicted octanol–water partition coefficient (Wildman–Crippen LogP) is 1.70. The van der Waals surface area contributed by atoms with Crippen LogP contribution in [-0.2, 0) is 4.79 Å². The van der Waals surface area contributed by atoms with Crippen LogP contribution in [0.1, 0.15) is 46.0 Å². The zero-order valence-corrected chi connectivity index (χ0v) is 11.8. The number of aliphatic carboxylic acids is 1. The average molecular weight is 254 g/mol. The first-order valence-corrected chi connectivity index (χ1v) is 7.05. The Morgan fingerprint density at radius 2 is 2.11 bits per heavy atom. The molecule has 1 aliphatic heterocycles. The Balaban J connectivity index is 2.05. The van der Waals surface area contributed by atoms with Gasteiger partial charge in [0, 0.05) is 12.6 Å². The third-order valence-corrected chi connectivity index (χ3v) is 4.84. The molecule has 2 fully saturated rings. The van der Waals surface area contributed by atoms with Gasteiger partial charge in [0.2, 0.25) is 0 Å². The summed E-state index contributed by atoms with van der Waals surface area (Å²) in [5.41, 5.74) is -0.307. The largest absolute Gasteiger partial charge is 0.480 e. The van der Waals surface area contributed by atoms with Crippen LogP contribution in [0, 0.1) is 5.41 Å². The normalized spacial score (nSPS) is 36.7. The van der Waals surface area contributed by atoms with Crippen molar-refractivity contribution < 1.29 is 9.90 Å². The summed E-state index contributed by atoms with van der Waals surface area (Å²) in [6, 6.07) is 0.434. The van der Waals surface area contributed by atoms with E-state index in [2.05, 4.69) is 24.1 Å². The van der Waals surface area contributed by atoms with Gasteiger partial charge in [0.05, 0.1) is 0 Å². The molecule has 0 aromatic carbocycles. The molecule has 0 spiro atoms. The van der Waals surface area contributed by atoms with Crippen molar-refractivity contribution in [3.63, 3.8) is 0 Å². The van der Waals surface area contributed by atoms with Gasteiger partial charge in [-0.15, -0.1) is 0 Å². The number of carbonyl (C=O) groups is 1. The van der Waals surface area contributed by atoms with Crippen LogP contribution in [0.15, 0.2) is 0 Å². The Hall–Kier alpha value is -0.610. The fourth-order valence-electron chi connectivity index (χ4n) is 3.55. The third-order valence-electron chi connectivity index (χ3n) is 4.84. The molecule has 0 aromatic rings. The molecule has 2 aliphatic rings. The molecule has 2 atom stereocenters. The molecule has 0 amide bonds. The summed E-state index contributed by atoms with van der Waals surface area (Å²) in [5, 5.41) is 12.5. The summed E-state index contributed by atoms with van der Waals surface area (Å²) >= 11 is 0. The van der Waals surface area contributed by atoms with Crippen LogP contribution < -0.4 is 5.32 Å². The molecule has 2 rings (SSSR count). The van der Waals surface area contributed by atoms with E-state index in [1.165, 1.54) is 6.42 Å². The van der Waals surface area contributed by atoms with Gasteiger partial charge in [-0.25, -0.2) is 0 Å². The maximum Gasteiger partial charge on any atom is 0.323 e. The molecule has 1 heterocycles. The Kier molecular flexibility index (Phi) is 3.70. The highest BCUT2D eigenvalue weighted by molar-refractivity contribution is 5.79. The van der Waals surface area contributed by atoms with E-state index in [0.29, 0.717) is 11.5 Å². The van der Waals surface area contributed by atoms with Gasteiger partial charge in [-0.3, -0.25) is 9.69 Å². The minimum Gasteiger partial charge on any atom is -0.480 e. The van der Waals surface area contributed by atoms with E-state index in [1.54, 1.807) is 7.05 Å². The molecule has 2 unspecified atom stereocenters. The topological polar surface area (TPSA) is 52.6 Å². The number of carboxylic acid groups (broad SMARTS) is 1. The second kappa shape index (κ2) is 4.82. The number of carboxylic acids is 1. The van der Waals surface area contributed by atoms with Crippen molar-refractivity contribution in [1.82, 2.24) is 10.2 Å². The second-order valence-corrected chi connectivity index (χ2v) is 6.77. The van der Waals surface area contributed by atoms with Crippen LogP contribution in [0.2, 0.25) is 0 Å². The standard InChI is InChI=1S/C14H26N2O2/c1-13(2)7-8-16(10-13)11-5-4-6-14(9-11,15-3)12(17)18/h11,15H,4-10H2,1-3H3,(H,17,18). The van der Waals surface area contributed by atoms with Crippen molar-refractivity contribution in [2.24, 2.45) is 5.41 Å². The molecule has 0 radical (unpaired) electrons. The predicted molar refractivity (Wildman–Crippen MR) is 71.7 cm³/mol. The first kappa shape index (κ1) is 13.8. The number of likely N-dealkylation sites (N-methyl/N-ethyl adjacent to an activating group) is 1. The lowest BCUT2D eigenvalue weighted by atomic mass is 9.78. The zero-order valence-electron chi connectivity index (χ0n) is 11.8. The lowest BCUT2D eigenvalue weighted by Crippen LogP contribution is -2.57. The first-order valence-electron chi connectivity index (χ1n) is 7.05. The summed E-state index contributed by atoms with van der Waals surface area (Å²) < 4.78 is 0. The number of hydrogen-bond acceptors (Lipinski definition) is 3. The smallest absolute Gasteiger partial charge is 0.323 e. The fourth-order valence-corrected chi connectivity index (χ4v) is 3.55. The molecule has 1 saturated carbocycles. The molecule has 4 heteroatoms. The quantitative estimate of drug-likeness (QED) is 0.805. The molecule has 1 saturated heterocycles. The lowest BCUT2D eigenvalue weighted by molar-refractivity contribution is -0.147. The Labute approximate surface area is 110 Å². The molecule has 18 heavy (non-hydrogen) atoms. The Morgan fingerprint density at radius 1 is 1.39 bits per heavy atom. The molecule has 1 aliphatic carbocycles. The van der Waals surface area contributed by atoms with Crippen molar-refractivity contribution in [1.29, 1.82) is 0 Å². The van der Waals surface area contributed by atoms with Crippen LogP contribution in [0.5, 0.6) is 0 Å². The molecule has 0 aromatic heterocycles. The fraction of sp³-hybridized carbons (Fsp3) is 0.929. The minimum absolute atomic E-state index is 0.392. The van der Waals surface area contributed by atoms with E-state index in [4.69, 9.17) is 0 Å². The highest BCUT2D eigenvalue weighted by atomic mass is 16.4. The van der Waals surface area contributed by atoms with Crippen molar-refractivity contribution in [3.05, 3.63) is 0 Å². The lowest BCUT2D eigenvalue weighted by Gasteiger charge is -2.41. The third kappa shape index (κ3) is 2.54. The van der Waals surface area contributed by atoms with Crippen molar-refractivity contribution >= 4 is 5.97 Å². The number of rotatable bonds is 3.